The van der Waals surface area contributed by atoms with E-state index in [0.717, 1.165) is 43.1 Å². The molecule has 6 atom stereocenters. The first-order chi connectivity index (χ1) is 30.5. The second-order valence-corrected chi connectivity index (χ2v) is 18.8. The van der Waals surface area contributed by atoms with Crippen LogP contribution in [-0.4, -0.2) is 80.9 Å². The summed E-state index contributed by atoms with van der Waals surface area (Å²) in [5, 5.41) is 10.4. The average Bonchev–Trinajstić information content (AvgIpc) is 3.80. The van der Waals surface area contributed by atoms with E-state index in [4.69, 9.17) is 40.6 Å². The monoisotopic (exact) mass is 955 g/mol. The van der Waals surface area contributed by atoms with Crippen molar-refractivity contribution in [3.63, 3.8) is 0 Å². The molecule has 1 saturated heterocycles. The van der Waals surface area contributed by atoms with Gasteiger partial charge in [-0.25, -0.2) is 9.37 Å². The largest absolute Gasteiger partial charge is 1.00 e. The van der Waals surface area contributed by atoms with E-state index in [1.54, 1.807) is 0 Å². The van der Waals surface area contributed by atoms with Crippen LogP contribution in [0.5, 0.6) is 0 Å². The number of esters is 2. The summed E-state index contributed by atoms with van der Waals surface area (Å²) < 4.78 is 55.9. The van der Waals surface area contributed by atoms with Crippen LogP contribution in [0.25, 0.3) is 11.2 Å². The van der Waals surface area contributed by atoms with Crippen molar-refractivity contribution in [1.29, 1.82) is 0 Å². The van der Waals surface area contributed by atoms with Crippen LogP contribution in [0.3, 0.4) is 0 Å². The van der Waals surface area contributed by atoms with Gasteiger partial charge in [0.2, 0.25) is 5.28 Å². The van der Waals surface area contributed by atoms with Crippen molar-refractivity contribution in [3.8, 4) is 0 Å². The molecule has 3 heterocycles. The van der Waals surface area contributed by atoms with E-state index in [0.29, 0.717) is 12.8 Å². The minimum absolute atomic E-state index is 0. The number of carbonyl (C=O) groups excluding carboxylic acids is 2. The maximum Gasteiger partial charge on any atom is 1.00 e. The van der Waals surface area contributed by atoms with Gasteiger partial charge in [-0.05, 0) is 24.4 Å². The molecule has 0 saturated carbocycles. The molecule has 0 bridgehead atoms. The molecule has 0 spiro atoms. The molecule has 1 fully saturated rings. The third kappa shape index (κ3) is 24.0. The van der Waals surface area contributed by atoms with Gasteiger partial charge in [-0.2, -0.15) is 9.97 Å². The van der Waals surface area contributed by atoms with E-state index in [1.165, 1.54) is 122 Å². The minimum atomic E-state index is -5.13. The predicted octanol–water partition coefficient (Wildman–Crippen LogP) is 7.58. The van der Waals surface area contributed by atoms with Crippen LogP contribution in [0, 0.1) is 0 Å². The number of aliphatic hydroxyl groups excluding tert-OH is 1. The molecule has 0 amide bonds. The number of nitrogens with zero attached hydrogens (tertiary/aromatic N) is 4. The van der Waals surface area contributed by atoms with Crippen LogP contribution in [-0.2, 0) is 37.4 Å². The number of unbranched alkanes of at least 4 members (excludes halogenated alkanes) is 24. The fraction of sp³-hybridized carbons (Fsp3) is 0.844. The Morgan fingerprint density at radius 2 is 1.27 bits per heavy atom. The molecule has 15 nitrogen and oxygen atoms in total. The molecule has 2 aromatic heterocycles. The second-order valence-electron chi connectivity index (χ2n) is 17.0. The molecule has 0 aliphatic carbocycles. The van der Waals surface area contributed by atoms with Gasteiger partial charge in [-0.3, -0.25) is 18.7 Å². The van der Waals surface area contributed by atoms with E-state index < -0.39 is 70.3 Å². The van der Waals surface area contributed by atoms with Gasteiger partial charge < -0.3 is 39.0 Å². The Morgan fingerprint density at radius 3 is 1.77 bits per heavy atom. The van der Waals surface area contributed by atoms with Crippen LogP contribution in [0.15, 0.2) is 6.33 Å². The van der Waals surface area contributed by atoms with Crippen molar-refractivity contribution >= 4 is 48.3 Å². The van der Waals surface area contributed by atoms with Crippen LogP contribution in [0.1, 0.15) is 200 Å². The number of aliphatic hydroxyl groups is 1. The number of phosphoric acid groups is 1. The summed E-state index contributed by atoms with van der Waals surface area (Å²) in [5.74, 6) is -1.10. The number of anilines is 1. The fourth-order valence-corrected chi connectivity index (χ4v) is 8.66. The zero-order valence-electron chi connectivity index (χ0n) is 39.1. The molecule has 0 aromatic carbocycles. The number of hydrogen-bond donors (Lipinski definition) is 2. The van der Waals surface area contributed by atoms with Gasteiger partial charge in [0.1, 0.15) is 24.3 Å². The summed E-state index contributed by atoms with van der Waals surface area (Å²) in [6, 6.07) is 0. The first kappa shape index (κ1) is 58.7. The van der Waals surface area contributed by atoms with E-state index in [-0.39, 0.29) is 64.7 Å². The Hall–Kier alpha value is -1.46. The van der Waals surface area contributed by atoms with Gasteiger partial charge in [0.15, 0.2) is 30.0 Å². The quantitative estimate of drug-likeness (QED) is 0.0219. The van der Waals surface area contributed by atoms with Crippen LogP contribution >= 0.6 is 19.4 Å². The molecule has 64 heavy (non-hydrogen) atoms. The number of rotatable bonds is 38. The topological polar surface area (TPSA) is 210 Å². The number of nitrogens with two attached hydrogens (primary N) is 1. The zero-order chi connectivity index (χ0) is 45.7. The summed E-state index contributed by atoms with van der Waals surface area (Å²) >= 11 is 5.92. The third-order valence-electron chi connectivity index (χ3n) is 11.5. The fourth-order valence-electron chi connectivity index (χ4n) is 7.73. The number of imidazole rings is 1. The van der Waals surface area contributed by atoms with Crippen LogP contribution in [0.2, 0.25) is 5.28 Å². The molecule has 2 unspecified atom stereocenters. The van der Waals surface area contributed by atoms with E-state index in [9.17, 15) is 24.2 Å². The number of aromatic nitrogens is 4. The normalized spacial score (nSPS) is 18.8. The first-order valence-corrected chi connectivity index (χ1v) is 25.9. The average molecular weight is 957 g/mol. The third-order valence-corrected chi connectivity index (χ3v) is 12.6. The number of nitrogen functional groups attached to an aromatic ring is 1. The number of hydrogen-bond acceptors (Lipinski definition) is 14. The molecule has 1 aliphatic heterocycles. The smallest absolute Gasteiger partial charge is 0.756 e. The number of fused-ring (bicyclic) bond motifs is 1. The molecule has 362 valence electrons. The first-order valence-electron chi connectivity index (χ1n) is 24.0. The summed E-state index contributed by atoms with van der Waals surface area (Å²) in [5.41, 5.74) is 6.02. The van der Waals surface area contributed by atoms with Gasteiger partial charge in [-0.15, -0.1) is 0 Å². The Kier molecular flexibility index (Phi) is 31.9. The Bertz CT molecular complexity index is 1620. The maximum atomic E-state index is 15.3. The SMILES string of the molecule is CCCCCCCCCCCCCCCC(=O)OCC(COP(=O)([O-])OC[C@H]1O[C@@H](n2cnc3c(N)nc(Cl)nc32)[C@@H](F)[C@@H]1O)OC(=O)CCCCCCCCCCCCCCC.[Na+]. The van der Waals surface area contributed by atoms with Gasteiger partial charge in [0, 0.05) is 12.8 Å². The van der Waals surface area contributed by atoms with E-state index in [2.05, 4.69) is 28.8 Å². The van der Waals surface area contributed by atoms with Gasteiger partial charge in [-0.1, -0.05) is 168 Å². The minimum Gasteiger partial charge on any atom is -0.756 e. The Balaban J connectivity index is 0.0000141. The van der Waals surface area contributed by atoms with Crippen molar-refractivity contribution in [3.05, 3.63) is 11.6 Å². The van der Waals surface area contributed by atoms with Gasteiger partial charge in [0.25, 0.3) is 7.82 Å². The number of carbonyl (C=O) groups is 2. The van der Waals surface area contributed by atoms with Crippen LogP contribution < -0.4 is 40.2 Å². The second kappa shape index (κ2) is 34.8. The molecule has 2 aromatic rings. The molecule has 3 N–H and O–H groups in total. The molecule has 19 heteroatoms. The van der Waals surface area contributed by atoms with Crippen molar-refractivity contribution in [2.45, 2.75) is 224 Å². The van der Waals surface area contributed by atoms with Crippen molar-refractivity contribution in [1.82, 2.24) is 19.5 Å². The Morgan fingerprint density at radius 1 is 0.797 bits per heavy atom. The molecule has 1 aliphatic rings. The van der Waals surface area contributed by atoms with E-state index in [1.807, 2.05) is 0 Å². The molecule has 3 rings (SSSR count). The molecule has 0 radical (unpaired) electrons. The number of alkyl halides is 1. The molecular weight excluding hydrogens is 879 g/mol. The van der Waals surface area contributed by atoms with E-state index >= 15 is 4.39 Å². The number of phosphoric ester groups is 1. The van der Waals surface area contributed by atoms with Gasteiger partial charge in [0.05, 0.1) is 19.5 Å². The Labute approximate surface area is 408 Å². The predicted molar refractivity (Wildman–Crippen MR) is 241 cm³/mol. The molecular formula is C45H77ClFN5NaO10P. The summed E-state index contributed by atoms with van der Waals surface area (Å²) in [7, 11) is -5.13. The summed E-state index contributed by atoms with van der Waals surface area (Å²) in [6.07, 6.45) is 23.8. The standard InChI is InChI=1S/C45H78ClFN5O10P.Na/c1-3-5-7-9-11-13-15-17-19-21-23-25-27-29-37(53)58-31-35(61-38(54)30-28-26-24-22-20-18-16-14-12-10-8-6-4-2)32-59-63(56,57)60-33-36-41(55)39(47)44(62-36)52-34-49-40-42(48)50-45(46)51-43(40)52;/h34-36,39,41,44,55H,3-33H2,1-2H3,(H,56,57)(H2,48,50,51);/q;+1/p-1/t35?,36-,39+,41-,44-;/m1./s1. The summed E-state index contributed by atoms with van der Waals surface area (Å²) in [4.78, 5) is 50.2. The number of halogens is 2. The van der Waals surface area contributed by atoms with Crippen molar-refractivity contribution < 1.29 is 81.4 Å². The summed E-state index contributed by atoms with van der Waals surface area (Å²) in [6.45, 7) is 2.55. The van der Waals surface area contributed by atoms with Crippen molar-refractivity contribution in [2.24, 2.45) is 0 Å². The van der Waals surface area contributed by atoms with Crippen LogP contribution in [0.4, 0.5) is 10.2 Å². The van der Waals surface area contributed by atoms with Gasteiger partial charge >= 0.3 is 41.5 Å². The number of ether oxygens (including phenoxy) is 3. The zero-order valence-corrected chi connectivity index (χ0v) is 42.7. The maximum absolute atomic E-state index is 15.3. The van der Waals surface area contributed by atoms with Crippen molar-refractivity contribution in [2.75, 3.05) is 25.6 Å².